The van der Waals surface area contributed by atoms with Crippen LogP contribution in [0, 0.1) is 11.3 Å². The van der Waals surface area contributed by atoms with Crippen molar-refractivity contribution in [1.82, 2.24) is 9.97 Å². The first-order valence-corrected chi connectivity index (χ1v) is 12.0. The van der Waals surface area contributed by atoms with Gasteiger partial charge in [0, 0.05) is 39.6 Å². The van der Waals surface area contributed by atoms with E-state index in [0.29, 0.717) is 17.3 Å². The molecule has 30 heavy (non-hydrogen) atoms. The van der Waals surface area contributed by atoms with E-state index in [1.165, 1.54) is 78.7 Å². The van der Waals surface area contributed by atoms with Crippen molar-refractivity contribution in [3.8, 4) is 0 Å². The molecule has 0 saturated heterocycles. The smallest absolute Gasteiger partial charge is 0.0459 e. The summed E-state index contributed by atoms with van der Waals surface area (Å²) in [6.45, 7) is 0. The lowest BCUT2D eigenvalue weighted by atomic mass is 9.62. The van der Waals surface area contributed by atoms with E-state index in [-0.39, 0.29) is 0 Å². The molecule has 152 valence electrons. The number of benzene rings is 2. The fraction of sp³-hybridized carbons (Fsp3) is 0.429. The van der Waals surface area contributed by atoms with Crippen LogP contribution in [-0.2, 0) is 0 Å². The third kappa shape index (κ3) is 2.15. The van der Waals surface area contributed by atoms with Gasteiger partial charge in [-0.25, -0.2) is 0 Å². The van der Waals surface area contributed by atoms with Gasteiger partial charge in [-0.2, -0.15) is 0 Å². The fourth-order valence-corrected chi connectivity index (χ4v) is 7.93. The van der Waals surface area contributed by atoms with Gasteiger partial charge in [0.1, 0.15) is 0 Å². The molecule has 3 aliphatic rings. The Morgan fingerprint density at radius 3 is 2.27 bits per heavy atom. The van der Waals surface area contributed by atoms with E-state index in [9.17, 15) is 0 Å². The van der Waals surface area contributed by atoms with E-state index >= 15 is 0 Å². The van der Waals surface area contributed by atoms with Gasteiger partial charge in [0.05, 0.1) is 0 Å². The normalized spacial score (nSPS) is 25.7. The first kappa shape index (κ1) is 17.2. The Morgan fingerprint density at radius 1 is 0.767 bits per heavy atom. The topological polar surface area (TPSA) is 31.6 Å². The SMILES string of the molecule is c1ccc2c([C@H]3c4[nH]c5ccccc5c4[C@H](C4CCCC4)C34CCCC4)c[nH]c2c1. The molecule has 3 aliphatic carbocycles. The fourth-order valence-electron chi connectivity index (χ4n) is 7.93. The van der Waals surface area contributed by atoms with Crippen LogP contribution >= 0.6 is 0 Å². The maximum Gasteiger partial charge on any atom is 0.0459 e. The third-order valence-electron chi connectivity index (χ3n) is 8.91. The van der Waals surface area contributed by atoms with Crippen molar-refractivity contribution in [2.24, 2.45) is 11.3 Å². The molecular weight excluding hydrogens is 364 g/mol. The molecule has 2 aromatic heterocycles. The molecule has 2 heterocycles. The molecule has 4 aromatic rings. The van der Waals surface area contributed by atoms with Gasteiger partial charge in [-0.05, 0) is 66.2 Å². The van der Waals surface area contributed by atoms with Crippen LogP contribution in [0.3, 0.4) is 0 Å². The molecule has 2 atom stereocenters. The molecule has 2 saturated carbocycles. The van der Waals surface area contributed by atoms with Crippen molar-refractivity contribution in [3.63, 3.8) is 0 Å². The summed E-state index contributed by atoms with van der Waals surface area (Å²) in [6, 6.07) is 18.0. The predicted molar refractivity (Wildman–Crippen MR) is 124 cm³/mol. The van der Waals surface area contributed by atoms with E-state index in [4.69, 9.17) is 0 Å². The minimum absolute atomic E-state index is 0.394. The summed E-state index contributed by atoms with van der Waals surface area (Å²) in [5, 5.41) is 2.92. The number of para-hydroxylation sites is 2. The Balaban J connectivity index is 1.54. The number of aromatic nitrogens is 2. The first-order chi connectivity index (χ1) is 14.9. The van der Waals surface area contributed by atoms with Gasteiger partial charge >= 0.3 is 0 Å². The van der Waals surface area contributed by atoms with Crippen LogP contribution in [-0.4, -0.2) is 9.97 Å². The summed E-state index contributed by atoms with van der Waals surface area (Å²) in [5.41, 5.74) is 7.77. The highest BCUT2D eigenvalue weighted by Crippen LogP contribution is 2.69. The quantitative estimate of drug-likeness (QED) is 0.350. The molecule has 0 bridgehead atoms. The second-order valence-electron chi connectivity index (χ2n) is 10.2. The highest BCUT2D eigenvalue weighted by Gasteiger charge is 2.58. The van der Waals surface area contributed by atoms with Crippen molar-refractivity contribution in [1.29, 1.82) is 0 Å². The van der Waals surface area contributed by atoms with Crippen LogP contribution in [0.2, 0.25) is 0 Å². The van der Waals surface area contributed by atoms with Crippen LogP contribution in [0.4, 0.5) is 0 Å². The first-order valence-electron chi connectivity index (χ1n) is 12.0. The lowest BCUT2D eigenvalue weighted by Gasteiger charge is -2.40. The lowest BCUT2D eigenvalue weighted by molar-refractivity contribution is 0.171. The van der Waals surface area contributed by atoms with Crippen LogP contribution in [0.5, 0.6) is 0 Å². The van der Waals surface area contributed by atoms with E-state index in [1.54, 1.807) is 11.3 Å². The number of H-pyrrole nitrogens is 2. The number of fused-ring (bicyclic) bond motifs is 4. The average molecular weight is 395 g/mol. The maximum absolute atomic E-state index is 3.97. The highest BCUT2D eigenvalue weighted by atomic mass is 14.8. The number of hydrogen-bond acceptors (Lipinski definition) is 0. The van der Waals surface area contributed by atoms with Crippen molar-refractivity contribution < 1.29 is 0 Å². The van der Waals surface area contributed by atoms with E-state index in [1.807, 2.05) is 0 Å². The zero-order chi connectivity index (χ0) is 19.7. The molecule has 2 N–H and O–H groups in total. The van der Waals surface area contributed by atoms with Crippen molar-refractivity contribution in [3.05, 3.63) is 71.5 Å². The van der Waals surface area contributed by atoms with E-state index in [0.717, 1.165) is 5.92 Å². The minimum Gasteiger partial charge on any atom is -0.361 e. The van der Waals surface area contributed by atoms with Crippen LogP contribution in [0.15, 0.2) is 54.7 Å². The van der Waals surface area contributed by atoms with Gasteiger partial charge in [0.2, 0.25) is 0 Å². The molecule has 2 aromatic carbocycles. The number of aromatic amines is 2. The molecule has 2 fully saturated rings. The summed E-state index contributed by atoms with van der Waals surface area (Å²) in [4.78, 5) is 7.58. The number of nitrogens with one attached hydrogen (secondary N) is 2. The Hall–Kier alpha value is -2.48. The van der Waals surface area contributed by atoms with E-state index in [2.05, 4.69) is 64.7 Å². The largest absolute Gasteiger partial charge is 0.361 e. The predicted octanol–water partition coefficient (Wildman–Crippen LogP) is 7.63. The monoisotopic (exact) mass is 394 g/mol. The minimum atomic E-state index is 0.394. The molecule has 0 aliphatic heterocycles. The summed E-state index contributed by atoms with van der Waals surface area (Å²) in [5.74, 6) is 2.06. The van der Waals surface area contributed by atoms with Gasteiger partial charge in [-0.3, -0.25) is 0 Å². The molecule has 1 spiro atoms. The Morgan fingerprint density at radius 2 is 1.47 bits per heavy atom. The van der Waals surface area contributed by atoms with Gasteiger partial charge in [0.15, 0.2) is 0 Å². The summed E-state index contributed by atoms with van der Waals surface area (Å²) < 4.78 is 0. The van der Waals surface area contributed by atoms with Gasteiger partial charge in [-0.1, -0.05) is 62.1 Å². The number of rotatable bonds is 2. The Labute approximate surface area is 178 Å². The van der Waals surface area contributed by atoms with Crippen LogP contribution in [0.1, 0.15) is 80.0 Å². The summed E-state index contributed by atoms with van der Waals surface area (Å²) >= 11 is 0. The van der Waals surface area contributed by atoms with E-state index < -0.39 is 0 Å². The third-order valence-corrected chi connectivity index (χ3v) is 8.91. The molecule has 0 radical (unpaired) electrons. The second-order valence-corrected chi connectivity index (χ2v) is 10.2. The van der Waals surface area contributed by atoms with Gasteiger partial charge < -0.3 is 9.97 Å². The maximum atomic E-state index is 3.97. The molecule has 2 heteroatoms. The molecule has 0 unspecified atom stereocenters. The zero-order valence-corrected chi connectivity index (χ0v) is 17.6. The molecular formula is C28H30N2. The molecule has 0 amide bonds. The standard InChI is InChI=1S/C28H30N2/c1-2-10-18(9-1)25-24-20-12-4-6-14-23(20)30-27(24)26(28(25)15-7-8-16-28)21-17-29-22-13-5-3-11-19(21)22/h3-6,11-14,17-18,25-26,29-30H,1-2,7-10,15-16H2/t25-,26-/m0/s1. The zero-order valence-electron chi connectivity index (χ0n) is 17.6. The van der Waals surface area contributed by atoms with Crippen molar-refractivity contribution in [2.75, 3.05) is 0 Å². The Kier molecular flexibility index (Phi) is 3.60. The van der Waals surface area contributed by atoms with Crippen molar-refractivity contribution >= 4 is 21.8 Å². The van der Waals surface area contributed by atoms with Crippen LogP contribution in [0.25, 0.3) is 21.8 Å². The van der Waals surface area contributed by atoms with Gasteiger partial charge in [0.25, 0.3) is 0 Å². The average Bonchev–Trinajstić information content (AvgIpc) is 3.59. The molecule has 7 rings (SSSR count). The van der Waals surface area contributed by atoms with Crippen LogP contribution < -0.4 is 0 Å². The highest BCUT2D eigenvalue weighted by molar-refractivity contribution is 5.89. The molecule has 2 nitrogen and oxygen atoms in total. The van der Waals surface area contributed by atoms with Crippen molar-refractivity contribution in [2.45, 2.75) is 63.2 Å². The second kappa shape index (κ2) is 6.26. The number of hydrogen-bond donors (Lipinski definition) is 2. The summed E-state index contributed by atoms with van der Waals surface area (Å²) in [7, 11) is 0. The lowest BCUT2D eigenvalue weighted by Crippen LogP contribution is -2.31. The summed E-state index contributed by atoms with van der Waals surface area (Å²) in [6.07, 6.45) is 13.6. The Bertz CT molecular complexity index is 1230. The van der Waals surface area contributed by atoms with Gasteiger partial charge in [-0.15, -0.1) is 0 Å².